The molecule has 0 spiro atoms. The topological polar surface area (TPSA) is 104 Å². The Bertz CT molecular complexity index is 852. The minimum atomic E-state index is -0.492. The molecule has 0 saturated carbocycles. The minimum Gasteiger partial charge on any atom is -0.437 e. The maximum atomic E-state index is 10.8. The first-order valence-electron chi connectivity index (χ1n) is 5.67. The summed E-state index contributed by atoms with van der Waals surface area (Å²) in [7, 11) is 0. The van der Waals surface area contributed by atoms with E-state index >= 15 is 0 Å². The van der Waals surface area contributed by atoms with Crippen molar-refractivity contribution in [3.05, 3.63) is 44.2 Å². The smallest absolute Gasteiger partial charge is 0.273 e. The first-order valence-corrected chi connectivity index (χ1v) is 7.34. The van der Waals surface area contributed by atoms with E-state index in [-0.39, 0.29) is 23.3 Å². The number of halogens is 1. The summed E-state index contributed by atoms with van der Waals surface area (Å²) < 4.78 is 6.25. The van der Waals surface area contributed by atoms with E-state index in [0.29, 0.717) is 14.7 Å². The Morgan fingerprint density at radius 3 is 2.90 bits per heavy atom. The Hall–Kier alpha value is -2.26. The highest BCUT2D eigenvalue weighted by atomic mass is 79.9. The van der Waals surface area contributed by atoms with Crippen LogP contribution in [-0.2, 0) is 0 Å². The number of aromatic nitrogens is 2. The zero-order valence-corrected chi connectivity index (χ0v) is 12.7. The van der Waals surface area contributed by atoms with E-state index in [4.69, 9.17) is 10.5 Å². The van der Waals surface area contributed by atoms with Gasteiger partial charge in [-0.25, -0.2) is 4.98 Å². The van der Waals surface area contributed by atoms with Gasteiger partial charge in [0.25, 0.3) is 5.69 Å². The summed E-state index contributed by atoms with van der Waals surface area (Å²) in [5.74, 6) is 0.635. The SMILES string of the molecule is Nc1nc(Oc2cc([N+](=O)[O-])ccc2Br)c2ccsc2n1. The van der Waals surface area contributed by atoms with Crippen LogP contribution in [-0.4, -0.2) is 14.9 Å². The van der Waals surface area contributed by atoms with Crippen molar-refractivity contribution in [1.82, 2.24) is 9.97 Å². The van der Waals surface area contributed by atoms with E-state index in [2.05, 4.69) is 25.9 Å². The summed E-state index contributed by atoms with van der Waals surface area (Å²) in [6.07, 6.45) is 0. The minimum absolute atomic E-state index is 0.0724. The zero-order valence-electron chi connectivity index (χ0n) is 10.3. The van der Waals surface area contributed by atoms with Crippen LogP contribution in [0.1, 0.15) is 0 Å². The van der Waals surface area contributed by atoms with Crippen molar-refractivity contribution < 1.29 is 9.66 Å². The summed E-state index contributed by atoms with van der Waals surface area (Å²) in [5, 5.41) is 13.4. The second-order valence-corrected chi connectivity index (χ2v) is 5.75. The normalized spacial score (nSPS) is 10.7. The lowest BCUT2D eigenvalue weighted by Crippen LogP contribution is -1.98. The highest BCUT2D eigenvalue weighted by Gasteiger charge is 2.15. The molecule has 3 rings (SSSR count). The number of fused-ring (bicyclic) bond motifs is 1. The van der Waals surface area contributed by atoms with Gasteiger partial charge in [-0.15, -0.1) is 11.3 Å². The Kier molecular flexibility index (Phi) is 3.43. The third-order valence-electron chi connectivity index (χ3n) is 2.64. The van der Waals surface area contributed by atoms with E-state index in [1.54, 1.807) is 12.1 Å². The lowest BCUT2D eigenvalue weighted by molar-refractivity contribution is -0.384. The maximum absolute atomic E-state index is 10.8. The molecule has 0 fully saturated rings. The van der Waals surface area contributed by atoms with Crippen molar-refractivity contribution in [3.8, 4) is 11.6 Å². The summed E-state index contributed by atoms with van der Waals surface area (Å²) in [5.41, 5.74) is 5.57. The summed E-state index contributed by atoms with van der Waals surface area (Å²) in [6.45, 7) is 0. The number of rotatable bonds is 3. The molecule has 21 heavy (non-hydrogen) atoms. The number of anilines is 1. The molecule has 0 atom stereocenters. The quantitative estimate of drug-likeness (QED) is 0.559. The van der Waals surface area contributed by atoms with Gasteiger partial charge in [-0.3, -0.25) is 10.1 Å². The van der Waals surface area contributed by atoms with E-state index in [9.17, 15) is 10.1 Å². The first kappa shape index (κ1) is 13.7. The van der Waals surface area contributed by atoms with Gasteiger partial charge in [0.15, 0.2) is 5.75 Å². The van der Waals surface area contributed by atoms with E-state index in [0.717, 1.165) is 0 Å². The van der Waals surface area contributed by atoms with Gasteiger partial charge in [-0.1, -0.05) is 0 Å². The molecule has 0 aliphatic carbocycles. The van der Waals surface area contributed by atoms with Crippen molar-refractivity contribution in [1.29, 1.82) is 0 Å². The Morgan fingerprint density at radius 1 is 1.33 bits per heavy atom. The molecule has 0 aliphatic rings. The third-order valence-corrected chi connectivity index (χ3v) is 4.10. The second-order valence-electron chi connectivity index (χ2n) is 4.00. The molecule has 0 amide bonds. The van der Waals surface area contributed by atoms with Gasteiger partial charge in [-0.05, 0) is 33.4 Å². The Morgan fingerprint density at radius 2 is 2.14 bits per heavy atom. The van der Waals surface area contributed by atoms with E-state index in [1.807, 2.05) is 5.38 Å². The molecular formula is C12H7BrN4O3S. The largest absolute Gasteiger partial charge is 0.437 e. The van der Waals surface area contributed by atoms with E-state index < -0.39 is 4.92 Å². The summed E-state index contributed by atoms with van der Waals surface area (Å²) >= 11 is 4.70. The Labute approximate surface area is 130 Å². The molecule has 0 bridgehead atoms. The number of nitro benzene ring substituents is 1. The fourth-order valence-electron chi connectivity index (χ4n) is 1.71. The van der Waals surface area contributed by atoms with Gasteiger partial charge < -0.3 is 10.5 Å². The van der Waals surface area contributed by atoms with Crippen LogP contribution in [0.25, 0.3) is 10.2 Å². The lowest BCUT2D eigenvalue weighted by Gasteiger charge is -2.08. The number of non-ortho nitro benzene ring substituents is 1. The molecular weight excluding hydrogens is 360 g/mol. The summed E-state index contributed by atoms with van der Waals surface area (Å²) in [4.78, 5) is 19.2. The molecule has 0 radical (unpaired) electrons. The zero-order chi connectivity index (χ0) is 15.0. The van der Waals surface area contributed by atoms with Crippen molar-refractivity contribution in [3.63, 3.8) is 0 Å². The van der Waals surface area contributed by atoms with Gasteiger partial charge in [0.05, 0.1) is 20.8 Å². The number of benzene rings is 1. The molecule has 0 unspecified atom stereocenters. The number of nitro groups is 1. The van der Waals surface area contributed by atoms with Crippen molar-refractivity contribution in [2.45, 2.75) is 0 Å². The number of hydrogen-bond donors (Lipinski definition) is 1. The molecule has 0 saturated heterocycles. The fraction of sp³-hybridized carbons (Fsp3) is 0. The molecule has 2 heterocycles. The van der Waals surface area contributed by atoms with Crippen molar-refractivity contribution in [2.75, 3.05) is 5.73 Å². The number of nitrogen functional groups attached to an aromatic ring is 1. The van der Waals surface area contributed by atoms with Crippen LogP contribution in [0.2, 0.25) is 0 Å². The second kappa shape index (κ2) is 5.26. The number of nitrogens with two attached hydrogens (primary N) is 1. The van der Waals surface area contributed by atoms with Crippen LogP contribution in [0.15, 0.2) is 34.1 Å². The maximum Gasteiger partial charge on any atom is 0.273 e. The predicted molar refractivity (Wildman–Crippen MR) is 82.7 cm³/mol. The summed E-state index contributed by atoms with van der Waals surface area (Å²) in [6, 6.07) is 6.05. The highest BCUT2D eigenvalue weighted by molar-refractivity contribution is 9.10. The average molecular weight is 367 g/mol. The molecule has 1 aromatic carbocycles. The van der Waals surface area contributed by atoms with Crippen LogP contribution in [0.3, 0.4) is 0 Å². The molecule has 2 aromatic heterocycles. The van der Waals surface area contributed by atoms with Crippen LogP contribution in [0.5, 0.6) is 11.6 Å². The van der Waals surface area contributed by atoms with Crippen LogP contribution >= 0.6 is 27.3 Å². The van der Waals surface area contributed by atoms with Gasteiger partial charge >= 0.3 is 0 Å². The van der Waals surface area contributed by atoms with Gasteiger partial charge in [0.2, 0.25) is 11.8 Å². The fourth-order valence-corrected chi connectivity index (χ4v) is 2.80. The van der Waals surface area contributed by atoms with Gasteiger partial charge in [0, 0.05) is 6.07 Å². The average Bonchev–Trinajstić information content (AvgIpc) is 2.89. The van der Waals surface area contributed by atoms with Crippen LogP contribution < -0.4 is 10.5 Å². The number of hydrogen-bond acceptors (Lipinski definition) is 7. The van der Waals surface area contributed by atoms with Gasteiger partial charge in [0.1, 0.15) is 4.83 Å². The Balaban J connectivity index is 2.08. The lowest BCUT2D eigenvalue weighted by atomic mass is 10.3. The molecule has 0 aliphatic heterocycles. The van der Waals surface area contributed by atoms with E-state index in [1.165, 1.54) is 23.5 Å². The monoisotopic (exact) mass is 366 g/mol. The molecule has 106 valence electrons. The van der Waals surface area contributed by atoms with Crippen molar-refractivity contribution in [2.24, 2.45) is 0 Å². The predicted octanol–water partition coefficient (Wildman–Crippen LogP) is 3.74. The van der Waals surface area contributed by atoms with Crippen LogP contribution in [0.4, 0.5) is 11.6 Å². The van der Waals surface area contributed by atoms with Crippen LogP contribution in [0, 0.1) is 10.1 Å². The molecule has 7 nitrogen and oxygen atoms in total. The number of thiophene rings is 1. The molecule has 9 heteroatoms. The highest BCUT2D eigenvalue weighted by Crippen LogP contribution is 2.36. The number of ether oxygens (including phenoxy) is 1. The number of nitrogens with zero attached hydrogens (tertiary/aromatic N) is 3. The first-order chi connectivity index (χ1) is 10.0. The van der Waals surface area contributed by atoms with Gasteiger partial charge in [-0.2, -0.15) is 4.98 Å². The molecule has 2 N–H and O–H groups in total. The standard InChI is InChI=1S/C12H7BrN4O3S/c13-8-2-1-6(17(18)19)5-9(8)20-10-7-3-4-21-11(7)16-12(14)15-10/h1-5H,(H2,14,15,16). The third kappa shape index (κ3) is 2.65. The molecule has 3 aromatic rings. The van der Waals surface area contributed by atoms with Crippen molar-refractivity contribution >= 4 is 49.1 Å².